The van der Waals surface area contributed by atoms with E-state index in [4.69, 9.17) is 4.74 Å². The predicted octanol–water partition coefficient (Wildman–Crippen LogP) is 3.19. The summed E-state index contributed by atoms with van der Waals surface area (Å²) in [7, 11) is 0. The summed E-state index contributed by atoms with van der Waals surface area (Å²) < 4.78 is 5.71. The van der Waals surface area contributed by atoms with Crippen molar-refractivity contribution < 1.29 is 9.84 Å². The second kappa shape index (κ2) is 5.80. The van der Waals surface area contributed by atoms with Gasteiger partial charge in [0.25, 0.3) is 0 Å². The lowest BCUT2D eigenvalue weighted by Gasteiger charge is -2.11. The summed E-state index contributed by atoms with van der Waals surface area (Å²) in [5.74, 6) is 2.14. The lowest BCUT2D eigenvalue weighted by molar-refractivity contribution is 0.270. The minimum atomic E-state index is -0.163. The largest absolute Gasteiger partial charge is 0.454 e. The number of rotatable bonds is 4. The fourth-order valence-corrected chi connectivity index (χ4v) is 1.63. The van der Waals surface area contributed by atoms with E-state index in [0.29, 0.717) is 23.0 Å². The minimum absolute atomic E-state index is 0.163. The highest BCUT2D eigenvalue weighted by Gasteiger charge is 2.10. The van der Waals surface area contributed by atoms with E-state index in [1.807, 2.05) is 45.0 Å². The van der Waals surface area contributed by atoms with Crippen molar-refractivity contribution in [3.8, 4) is 11.5 Å². The quantitative estimate of drug-likeness (QED) is 0.915. The molecule has 2 aromatic rings. The van der Waals surface area contributed by atoms with Gasteiger partial charge < -0.3 is 9.84 Å². The molecular formula is C15H18N2O2. The van der Waals surface area contributed by atoms with Gasteiger partial charge in [0.15, 0.2) is 5.75 Å². The molecule has 0 saturated heterocycles. The third-order valence-corrected chi connectivity index (χ3v) is 2.76. The maximum atomic E-state index is 9.38. The number of hydrogen-bond donors (Lipinski definition) is 1. The highest BCUT2D eigenvalue weighted by molar-refractivity contribution is 5.34. The second-order valence-electron chi connectivity index (χ2n) is 4.77. The van der Waals surface area contributed by atoms with E-state index in [9.17, 15) is 5.11 Å². The Hall–Kier alpha value is -1.94. The zero-order valence-corrected chi connectivity index (χ0v) is 11.4. The van der Waals surface area contributed by atoms with Crippen LogP contribution in [0.3, 0.4) is 0 Å². The van der Waals surface area contributed by atoms with Crippen LogP contribution in [0, 0.1) is 6.92 Å². The SMILES string of the molecule is Cc1ccc(Oc2cnc(C(C)C)nc2CO)cc1. The predicted molar refractivity (Wildman–Crippen MR) is 73.3 cm³/mol. The fourth-order valence-electron chi connectivity index (χ4n) is 1.63. The van der Waals surface area contributed by atoms with Crippen molar-refractivity contribution in [1.82, 2.24) is 9.97 Å². The molecule has 0 aliphatic heterocycles. The first kappa shape index (κ1) is 13.5. The van der Waals surface area contributed by atoms with Crippen LogP contribution in [-0.4, -0.2) is 15.1 Å². The van der Waals surface area contributed by atoms with Crippen LogP contribution < -0.4 is 4.74 Å². The topological polar surface area (TPSA) is 55.2 Å². The van der Waals surface area contributed by atoms with Crippen molar-refractivity contribution in [3.63, 3.8) is 0 Å². The number of aliphatic hydroxyl groups excluding tert-OH is 1. The molecule has 4 nitrogen and oxygen atoms in total. The molecule has 0 radical (unpaired) electrons. The molecule has 1 heterocycles. The van der Waals surface area contributed by atoms with Crippen molar-refractivity contribution in [3.05, 3.63) is 47.5 Å². The summed E-state index contributed by atoms with van der Waals surface area (Å²) >= 11 is 0. The molecule has 0 saturated carbocycles. The number of hydrogen-bond acceptors (Lipinski definition) is 4. The number of aryl methyl sites for hydroxylation is 1. The van der Waals surface area contributed by atoms with E-state index in [-0.39, 0.29) is 12.5 Å². The average Bonchev–Trinajstić information content (AvgIpc) is 2.41. The summed E-state index contributed by atoms with van der Waals surface area (Å²) in [6.45, 7) is 5.88. The van der Waals surface area contributed by atoms with Crippen molar-refractivity contribution >= 4 is 0 Å². The summed E-state index contributed by atoms with van der Waals surface area (Å²) in [5.41, 5.74) is 1.68. The smallest absolute Gasteiger partial charge is 0.169 e. The molecule has 0 fully saturated rings. The lowest BCUT2D eigenvalue weighted by atomic mass is 10.2. The van der Waals surface area contributed by atoms with Gasteiger partial charge in [0, 0.05) is 5.92 Å². The number of aliphatic hydroxyl groups is 1. The number of ether oxygens (including phenoxy) is 1. The molecule has 0 bridgehead atoms. The van der Waals surface area contributed by atoms with Crippen molar-refractivity contribution in [1.29, 1.82) is 0 Å². The van der Waals surface area contributed by atoms with E-state index in [2.05, 4.69) is 9.97 Å². The Morgan fingerprint density at radius 3 is 2.47 bits per heavy atom. The molecule has 1 N–H and O–H groups in total. The van der Waals surface area contributed by atoms with Crippen molar-refractivity contribution in [2.75, 3.05) is 0 Å². The van der Waals surface area contributed by atoms with Crippen molar-refractivity contribution in [2.24, 2.45) is 0 Å². The fraction of sp³-hybridized carbons (Fsp3) is 0.333. The Kier molecular flexibility index (Phi) is 4.12. The van der Waals surface area contributed by atoms with E-state index in [1.165, 1.54) is 5.56 Å². The molecule has 1 aromatic carbocycles. The average molecular weight is 258 g/mol. The molecule has 0 atom stereocenters. The molecular weight excluding hydrogens is 240 g/mol. The molecule has 4 heteroatoms. The van der Waals surface area contributed by atoms with Crippen molar-refractivity contribution in [2.45, 2.75) is 33.3 Å². The van der Waals surface area contributed by atoms with Crippen LogP contribution in [0.2, 0.25) is 0 Å². The Balaban J connectivity index is 2.27. The first-order valence-electron chi connectivity index (χ1n) is 6.31. The van der Waals surface area contributed by atoms with Gasteiger partial charge in [-0.3, -0.25) is 0 Å². The van der Waals surface area contributed by atoms with Crippen LogP contribution >= 0.6 is 0 Å². The number of aromatic nitrogens is 2. The van der Waals surface area contributed by atoms with Gasteiger partial charge in [-0.1, -0.05) is 31.5 Å². The van der Waals surface area contributed by atoms with E-state index in [1.54, 1.807) is 6.20 Å². The zero-order valence-electron chi connectivity index (χ0n) is 11.4. The molecule has 0 unspecified atom stereocenters. The normalized spacial score (nSPS) is 10.8. The lowest BCUT2D eigenvalue weighted by Crippen LogP contribution is -2.03. The monoisotopic (exact) mass is 258 g/mol. The highest BCUT2D eigenvalue weighted by atomic mass is 16.5. The molecule has 0 aliphatic carbocycles. The molecule has 0 amide bonds. The molecule has 0 spiro atoms. The maximum Gasteiger partial charge on any atom is 0.169 e. The van der Waals surface area contributed by atoms with Crippen LogP contribution in [-0.2, 0) is 6.61 Å². The van der Waals surface area contributed by atoms with E-state index in [0.717, 1.165) is 0 Å². The van der Waals surface area contributed by atoms with Crippen LogP contribution in [0.1, 0.15) is 36.8 Å². The van der Waals surface area contributed by atoms with Gasteiger partial charge in [-0.2, -0.15) is 0 Å². The third-order valence-electron chi connectivity index (χ3n) is 2.76. The van der Waals surface area contributed by atoms with E-state index >= 15 is 0 Å². The first-order valence-corrected chi connectivity index (χ1v) is 6.31. The van der Waals surface area contributed by atoms with Gasteiger partial charge in [-0.15, -0.1) is 0 Å². The Morgan fingerprint density at radius 2 is 1.89 bits per heavy atom. The Morgan fingerprint density at radius 1 is 1.21 bits per heavy atom. The number of benzene rings is 1. The highest BCUT2D eigenvalue weighted by Crippen LogP contribution is 2.25. The van der Waals surface area contributed by atoms with Crippen LogP contribution in [0.4, 0.5) is 0 Å². The maximum absolute atomic E-state index is 9.38. The second-order valence-corrected chi connectivity index (χ2v) is 4.77. The van der Waals surface area contributed by atoms with Gasteiger partial charge in [-0.25, -0.2) is 9.97 Å². The summed E-state index contributed by atoms with van der Waals surface area (Å²) in [4.78, 5) is 8.57. The molecule has 100 valence electrons. The van der Waals surface area contributed by atoms with Crippen LogP contribution in [0.15, 0.2) is 30.5 Å². The van der Waals surface area contributed by atoms with Gasteiger partial charge in [0.05, 0.1) is 12.8 Å². The van der Waals surface area contributed by atoms with Gasteiger partial charge in [0.2, 0.25) is 0 Å². The number of nitrogens with zero attached hydrogens (tertiary/aromatic N) is 2. The molecule has 0 aliphatic rings. The van der Waals surface area contributed by atoms with Gasteiger partial charge >= 0.3 is 0 Å². The third kappa shape index (κ3) is 3.29. The summed E-state index contributed by atoms with van der Waals surface area (Å²) in [5, 5.41) is 9.38. The Labute approximate surface area is 113 Å². The summed E-state index contributed by atoms with van der Waals surface area (Å²) in [6, 6.07) is 7.70. The van der Waals surface area contributed by atoms with Crippen LogP contribution in [0.5, 0.6) is 11.5 Å². The summed E-state index contributed by atoms with van der Waals surface area (Å²) in [6.07, 6.45) is 1.62. The first-order chi connectivity index (χ1) is 9.10. The molecule has 2 rings (SSSR count). The standard InChI is InChI=1S/C15H18N2O2/c1-10(2)15-16-8-14(13(9-18)17-15)19-12-6-4-11(3)5-7-12/h4-8,10,18H,9H2,1-3H3. The zero-order chi connectivity index (χ0) is 13.8. The minimum Gasteiger partial charge on any atom is -0.454 e. The Bertz CT molecular complexity index is 551. The van der Waals surface area contributed by atoms with E-state index < -0.39 is 0 Å². The van der Waals surface area contributed by atoms with Crippen LogP contribution in [0.25, 0.3) is 0 Å². The van der Waals surface area contributed by atoms with Gasteiger partial charge in [-0.05, 0) is 19.1 Å². The molecule has 19 heavy (non-hydrogen) atoms. The molecule has 1 aromatic heterocycles. The van der Waals surface area contributed by atoms with Gasteiger partial charge in [0.1, 0.15) is 17.3 Å².